The lowest BCUT2D eigenvalue weighted by Crippen LogP contribution is -2.40. The summed E-state index contributed by atoms with van der Waals surface area (Å²) in [6, 6.07) is 5.77. The summed E-state index contributed by atoms with van der Waals surface area (Å²) in [5, 5.41) is 11.7. The fraction of sp³-hybridized carbons (Fsp3) is 0.467. The molecule has 2 N–H and O–H groups in total. The number of nitrogens with one attached hydrogen (secondary N) is 1. The van der Waals surface area contributed by atoms with E-state index < -0.39 is 17.3 Å². The van der Waals surface area contributed by atoms with Crippen LogP contribution in [0.3, 0.4) is 0 Å². The Labute approximate surface area is 118 Å². The maximum atomic E-state index is 12.9. The number of hydrogen-bond donors (Lipinski definition) is 2. The number of carboxylic acids is 1. The number of benzene rings is 1. The summed E-state index contributed by atoms with van der Waals surface area (Å²) < 4.78 is 12.9. The number of carbonyl (C=O) groups excluding carboxylic acids is 1. The molecule has 110 valence electrons. The van der Waals surface area contributed by atoms with Crippen LogP contribution in [0.2, 0.25) is 0 Å². The van der Waals surface area contributed by atoms with Crippen LogP contribution in [0.15, 0.2) is 24.3 Å². The van der Waals surface area contributed by atoms with Gasteiger partial charge in [-0.2, -0.15) is 0 Å². The molecule has 0 aliphatic carbocycles. The van der Waals surface area contributed by atoms with E-state index in [1.165, 1.54) is 12.1 Å². The van der Waals surface area contributed by atoms with Gasteiger partial charge in [0.15, 0.2) is 0 Å². The Morgan fingerprint density at radius 1 is 1.30 bits per heavy atom. The van der Waals surface area contributed by atoms with Crippen LogP contribution in [0.4, 0.5) is 4.39 Å². The first-order valence-corrected chi connectivity index (χ1v) is 6.54. The van der Waals surface area contributed by atoms with Gasteiger partial charge in [-0.15, -0.1) is 0 Å². The molecule has 1 rings (SSSR count). The highest BCUT2D eigenvalue weighted by Gasteiger charge is 2.29. The molecule has 1 atom stereocenters. The summed E-state index contributed by atoms with van der Waals surface area (Å²) in [5.74, 6) is -1.96. The van der Waals surface area contributed by atoms with E-state index >= 15 is 0 Å². The molecule has 0 bridgehead atoms. The van der Waals surface area contributed by atoms with Crippen LogP contribution in [0, 0.1) is 11.2 Å². The second-order valence-corrected chi connectivity index (χ2v) is 5.42. The van der Waals surface area contributed by atoms with Gasteiger partial charge < -0.3 is 10.4 Å². The Kier molecular flexibility index (Phi) is 5.25. The van der Waals surface area contributed by atoms with Crippen LogP contribution < -0.4 is 5.32 Å². The van der Waals surface area contributed by atoms with E-state index in [9.17, 15) is 14.0 Å². The molecule has 0 saturated heterocycles. The van der Waals surface area contributed by atoms with Crippen LogP contribution in [0.5, 0.6) is 0 Å². The molecule has 1 unspecified atom stereocenters. The third-order valence-electron chi connectivity index (χ3n) is 3.28. The zero-order valence-corrected chi connectivity index (χ0v) is 11.9. The first kappa shape index (κ1) is 16.1. The van der Waals surface area contributed by atoms with Crippen molar-refractivity contribution in [2.24, 2.45) is 5.41 Å². The molecule has 20 heavy (non-hydrogen) atoms. The fourth-order valence-corrected chi connectivity index (χ4v) is 1.77. The highest BCUT2D eigenvalue weighted by atomic mass is 19.1. The maximum Gasteiger partial charge on any atom is 0.310 e. The largest absolute Gasteiger partial charge is 0.481 e. The van der Waals surface area contributed by atoms with Crippen molar-refractivity contribution in [3.05, 3.63) is 35.6 Å². The van der Waals surface area contributed by atoms with Crippen molar-refractivity contribution in [3.8, 4) is 0 Å². The highest BCUT2D eigenvalue weighted by molar-refractivity contribution is 5.84. The summed E-state index contributed by atoms with van der Waals surface area (Å²) in [4.78, 5) is 23.1. The molecule has 0 radical (unpaired) electrons. The lowest BCUT2D eigenvalue weighted by Gasteiger charge is -2.22. The maximum absolute atomic E-state index is 12.9. The van der Waals surface area contributed by atoms with E-state index in [0.29, 0.717) is 6.42 Å². The normalized spacial score (nSPS) is 12.8. The molecule has 1 aromatic carbocycles. The Balaban J connectivity index is 2.73. The Bertz CT molecular complexity index is 482. The number of rotatable bonds is 6. The average Bonchev–Trinajstić information content (AvgIpc) is 2.39. The molecule has 0 spiro atoms. The zero-order valence-electron chi connectivity index (χ0n) is 11.9. The number of carbonyl (C=O) groups is 2. The van der Waals surface area contributed by atoms with Crippen LogP contribution in [0.25, 0.3) is 0 Å². The first-order chi connectivity index (χ1) is 9.27. The van der Waals surface area contributed by atoms with Crippen LogP contribution >= 0.6 is 0 Å². The zero-order chi connectivity index (χ0) is 15.3. The second-order valence-electron chi connectivity index (χ2n) is 5.42. The predicted molar refractivity (Wildman–Crippen MR) is 73.9 cm³/mol. The molecule has 4 nitrogen and oxygen atoms in total. The first-order valence-electron chi connectivity index (χ1n) is 6.54. The number of carboxylic acid groups (broad SMARTS) is 1. The quantitative estimate of drug-likeness (QED) is 0.842. The van der Waals surface area contributed by atoms with E-state index in [4.69, 9.17) is 5.11 Å². The van der Waals surface area contributed by atoms with Crippen LogP contribution in [-0.2, 0) is 9.59 Å². The van der Waals surface area contributed by atoms with Gasteiger partial charge in [0.2, 0.25) is 5.91 Å². The third-order valence-corrected chi connectivity index (χ3v) is 3.28. The van der Waals surface area contributed by atoms with Gasteiger partial charge in [0.05, 0.1) is 11.3 Å². The standard InChI is InChI=1S/C15H20FNO3/c1-4-12(10-5-7-11(16)8-6-10)13(18)17-9-15(2,3)14(19)20/h5-8,12H,4,9H2,1-3H3,(H,17,18)(H,19,20). The van der Waals surface area contributed by atoms with Gasteiger partial charge in [-0.1, -0.05) is 19.1 Å². The molecule has 0 saturated carbocycles. The van der Waals surface area contributed by atoms with Crippen molar-refractivity contribution in [2.45, 2.75) is 33.1 Å². The van der Waals surface area contributed by atoms with E-state index in [-0.39, 0.29) is 18.3 Å². The average molecular weight is 281 g/mol. The van der Waals surface area contributed by atoms with Gasteiger partial charge in [-0.05, 0) is 38.0 Å². The van der Waals surface area contributed by atoms with E-state index in [0.717, 1.165) is 5.56 Å². The molecular weight excluding hydrogens is 261 g/mol. The Morgan fingerprint density at radius 3 is 2.30 bits per heavy atom. The van der Waals surface area contributed by atoms with Gasteiger partial charge in [-0.3, -0.25) is 9.59 Å². The number of aliphatic carboxylic acids is 1. The molecule has 0 aliphatic heterocycles. The summed E-state index contributed by atoms with van der Waals surface area (Å²) in [6.45, 7) is 5.01. The number of hydrogen-bond acceptors (Lipinski definition) is 2. The van der Waals surface area contributed by atoms with Gasteiger partial charge in [-0.25, -0.2) is 4.39 Å². The Hall–Kier alpha value is -1.91. The highest BCUT2D eigenvalue weighted by Crippen LogP contribution is 2.21. The molecule has 0 fully saturated rings. The predicted octanol–water partition coefficient (Wildman–Crippen LogP) is 2.55. The van der Waals surface area contributed by atoms with Crippen molar-refractivity contribution in [2.75, 3.05) is 6.54 Å². The van der Waals surface area contributed by atoms with Gasteiger partial charge >= 0.3 is 5.97 Å². The van der Waals surface area contributed by atoms with Crippen molar-refractivity contribution in [1.82, 2.24) is 5.32 Å². The lowest BCUT2D eigenvalue weighted by atomic mass is 9.92. The topological polar surface area (TPSA) is 66.4 Å². The Morgan fingerprint density at radius 2 is 1.85 bits per heavy atom. The van der Waals surface area contributed by atoms with Crippen molar-refractivity contribution >= 4 is 11.9 Å². The van der Waals surface area contributed by atoms with Gasteiger partial charge in [0.1, 0.15) is 5.82 Å². The van der Waals surface area contributed by atoms with Gasteiger partial charge in [0.25, 0.3) is 0 Å². The monoisotopic (exact) mass is 281 g/mol. The molecule has 0 aromatic heterocycles. The molecular formula is C15H20FNO3. The summed E-state index contributed by atoms with van der Waals surface area (Å²) in [5.41, 5.74) is -0.295. The minimum atomic E-state index is -1.02. The van der Waals surface area contributed by atoms with E-state index in [1.807, 2.05) is 6.92 Å². The SMILES string of the molecule is CCC(C(=O)NCC(C)(C)C(=O)O)c1ccc(F)cc1. The molecule has 0 aliphatic rings. The second kappa shape index (κ2) is 6.50. The number of amides is 1. The van der Waals surface area contributed by atoms with E-state index in [1.54, 1.807) is 26.0 Å². The summed E-state index contributed by atoms with van der Waals surface area (Å²) in [7, 11) is 0. The fourth-order valence-electron chi connectivity index (χ4n) is 1.77. The van der Waals surface area contributed by atoms with Crippen molar-refractivity contribution < 1.29 is 19.1 Å². The number of halogens is 1. The molecule has 0 heterocycles. The third kappa shape index (κ3) is 4.05. The molecule has 1 aromatic rings. The smallest absolute Gasteiger partial charge is 0.310 e. The lowest BCUT2D eigenvalue weighted by molar-refractivity contribution is -0.146. The van der Waals surface area contributed by atoms with Gasteiger partial charge in [0, 0.05) is 6.54 Å². The van der Waals surface area contributed by atoms with Crippen molar-refractivity contribution in [1.29, 1.82) is 0 Å². The van der Waals surface area contributed by atoms with Crippen molar-refractivity contribution in [3.63, 3.8) is 0 Å². The summed E-state index contributed by atoms with van der Waals surface area (Å²) >= 11 is 0. The molecule has 5 heteroatoms. The van der Waals surface area contributed by atoms with E-state index in [2.05, 4.69) is 5.32 Å². The van der Waals surface area contributed by atoms with Crippen LogP contribution in [0.1, 0.15) is 38.7 Å². The minimum Gasteiger partial charge on any atom is -0.481 e. The minimum absolute atomic E-state index is 0.0544. The van der Waals surface area contributed by atoms with Crippen LogP contribution in [-0.4, -0.2) is 23.5 Å². The molecule has 1 amide bonds. The summed E-state index contributed by atoms with van der Waals surface area (Å²) in [6.07, 6.45) is 0.560.